The highest BCUT2D eigenvalue weighted by Gasteiger charge is 2.18. The number of allylic oxidation sites excluding steroid dienone is 1. The molecule has 5 heteroatoms. The Morgan fingerprint density at radius 2 is 2.18 bits per heavy atom. The van der Waals surface area contributed by atoms with E-state index in [0.29, 0.717) is 5.88 Å². The normalized spacial score (nSPS) is 15.8. The number of nitrogens with zero attached hydrogens (tertiary/aromatic N) is 2. The fourth-order valence-electron chi connectivity index (χ4n) is 1.80. The molecule has 92 valence electrons. The standard InChI is InChI=1S/C12H16N2O2S/c1-9(15)5-6-10-11(16-2)13-12(17-10)14-7-3-4-8-14/h5-6H,3-4,7-8H2,1-2H3. The summed E-state index contributed by atoms with van der Waals surface area (Å²) in [7, 11) is 1.61. The maximum absolute atomic E-state index is 10.9. The van der Waals surface area contributed by atoms with E-state index in [1.54, 1.807) is 30.6 Å². The van der Waals surface area contributed by atoms with Crippen LogP contribution in [0.1, 0.15) is 24.6 Å². The predicted molar refractivity (Wildman–Crippen MR) is 69.8 cm³/mol. The van der Waals surface area contributed by atoms with Gasteiger partial charge in [-0.05, 0) is 31.9 Å². The van der Waals surface area contributed by atoms with Gasteiger partial charge in [-0.1, -0.05) is 11.3 Å². The van der Waals surface area contributed by atoms with Gasteiger partial charge in [0.15, 0.2) is 10.9 Å². The second-order valence-corrected chi connectivity index (χ2v) is 5.02. The maximum atomic E-state index is 10.9. The number of anilines is 1. The lowest BCUT2D eigenvalue weighted by Crippen LogP contribution is -2.16. The summed E-state index contributed by atoms with van der Waals surface area (Å²) in [6.07, 6.45) is 5.77. The quantitative estimate of drug-likeness (QED) is 0.771. The second kappa shape index (κ2) is 5.31. The lowest BCUT2D eigenvalue weighted by molar-refractivity contribution is -0.112. The van der Waals surface area contributed by atoms with Gasteiger partial charge in [0.1, 0.15) is 0 Å². The highest BCUT2D eigenvalue weighted by Crippen LogP contribution is 2.33. The van der Waals surface area contributed by atoms with Crippen molar-refractivity contribution in [2.75, 3.05) is 25.1 Å². The summed E-state index contributed by atoms with van der Waals surface area (Å²) < 4.78 is 5.23. The molecule has 0 saturated carbocycles. The van der Waals surface area contributed by atoms with Gasteiger partial charge in [0.2, 0.25) is 5.88 Å². The van der Waals surface area contributed by atoms with Crippen molar-refractivity contribution in [3.63, 3.8) is 0 Å². The number of ketones is 1. The van der Waals surface area contributed by atoms with Crippen molar-refractivity contribution in [2.45, 2.75) is 19.8 Å². The highest BCUT2D eigenvalue weighted by atomic mass is 32.1. The minimum Gasteiger partial charge on any atom is -0.480 e. The summed E-state index contributed by atoms with van der Waals surface area (Å²) >= 11 is 1.57. The first-order chi connectivity index (χ1) is 8.20. The molecule has 0 N–H and O–H groups in total. The molecule has 0 aliphatic carbocycles. The number of hydrogen-bond donors (Lipinski definition) is 0. The minimum absolute atomic E-state index is 0.0307. The van der Waals surface area contributed by atoms with Crippen molar-refractivity contribution >= 4 is 28.3 Å². The molecule has 1 fully saturated rings. The Balaban J connectivity index is 2.22. The number of aromatic nitrogens is 1. The van der Waals surface area contributed by atoms with Crippen molar-refractivity contribution in [3.8, 4) is 5.88 Å². The average molecular weight is 252 g/mol. The summed E-state index contributed by atoms with van der Waals surface area (Å²) in [5.41, 5.74) is 0. The predicted octanol–water partition coefficient (Wildman–Crippen LogP) is 2.35. The summed E-state index contributed by atoms with van der Waals surface area (Å²) in [5.74, 6) is 0.637. The van der Waals surface area contributed by atoms with Crippen molar-refractivity contribution < 1.29 is 9.53 Å². The molecule has 0 atom stereocenters. The van der Waals surface area contributed by atoms with Gasteiger partial charge in [-0.25, -0.2) is 0 Å². The van der Waals surface area contributed by atoms with Crippen molar-refractivity contribution in [2.24, 2.45) is 0 Å². The van der Waals surface area contributed by atoms with Crippen LogP contribution in [0.4, 0.5) is 5.13 Å². The maximum Gasteiger partial charge on any atom is 0.233 e. The Kier molecular flexibility index (Phi) is 3.78. The summed E-state index contributed by atoms with van der Waals surface area (Å²) in [6, 6.07) is 0. The van der Waals surface area contributed by atoms with Crippen LogP contribution < -0.4 is 9.64 Å². The minimum atomic E-state index is 0.0307. The van der Waals surface area contributed by atoms with Crippen LogP contribution in [-0.2, 0) is 4.79 Å². The third-order valence-electron chi connectivity index (χ3n) is 2.65. The van der Waals surface area contributed by atoms with Crippen molar-refractivity contribution in [1.82, 2.24) is 4.98 Å². The fourth-order valence-corrected chi connectivity index (χ4v) is 2.78. The van der Waals surface area contributed by atoms with Gasteiger partial charge < -0.3 is 9.64 Å². The molecule has 1 aromatic rings. The van der Waals surface area contributed by atoms with Crippen LogP contribution in [0.15, 0.2) is 6.08 Å². The number of methoxy groups -OCH3 is 1. The van der Waals surface area contributed by atoms with Crippen LogP contribution >= 0.6 is 11.3 Å². The Labute approximate surface area is 105 Å². The summed E-state index contributed by atoms with van der Waals surface area (Å²) in [4.78, 5) is 18.5. The van der Waals surface area contributed by atoms with Crippen molar-refractivity contribution in [1.29, 1.82) is 0 Å². The number of carbonyl (C=O) groups excluding carboxylic acids is 1. The molecule has 2 rings (SSSR count). The van der Waals surface area contributed by atoms with Crippen LogP contribution in [0, 0.1) is 0 Å². The Morgan fingerprint density at radius 3 is 2.76 bits per heavy atom. The molecule has 1 aliphatic rings. The lowest BCUT2D eigenvalue weighted by Gasteiger charge is -2.11. The van der Waals surface area contributed by atoms with E-state index in [0.717, 1.165) is 23.1 Å². The molecule has 0 radical (unpaired) electrons. The van der Waals surface area contributed by atoms with E-state index in [1.165, 1.54) is 19.8 Å². The third kappa shape index (κ3) is 2.85. The molecule has 2 heterocycles. The Morgan fingerprint density at radius 1 is 1.47 bits per heavy atom. The Bertz CT molecular complexity index is 434. The molecule has 0 aromatic carbocycles. The molecule has 0 amide bonds. The van der Waals surface area contributed by atoms with Gasteiger partial charge in [-0.2, -0.15) is 4.98 Å². The third-order valence-corrected chi connectivity index (χ3v) is 3.71. The van der Waals surface area contributed by atoms with Gasteiger partial charge in [0, 0.05) is 13.1 Å². The average Bonchev–Trinajstić information content (AvgIpc) is 2.94. The number of hydrogen-bond acceptors (Lipinski definition) is 5. The van der Waals surface area contributed by atoms with E-state index >= 15 is 0 Å². The van der Waals surface area contributed by atoms with Gasteiger partial charge in [0.05, 0.1) is 12.0 Å². The molecule has 1 saturated heterocycles. The van der Waals surface area contributed by atoms with E-state index < -0.39 is 0 Å². The molecule has 0 bridgehead atoms. The second-order valence-electron chi connectivity index (χ2n) is 4.01. The van der Waals surface area contributed by atoms with Gasteiger partial charge in [-0.15, -0.1) is 0 Å². The van der Waals surface area contributed by atoms with Gasteiger partial charge in [0.25, 0.3) is 0 Å². The zero-order valence-electron chi connectivity index (χ0n) is 10.1. The first-order valence-electron chi connectivity index (χ1n) is 5.69. The molecular weight excluding hydrogens is 236 g/mol. The molecule has 1 aromatic heterocycles. The van der Waals surface area contributed by atoms with Gasteiger partial charge in [-0.3, -0.25) is 4.79 Å². The van der Waals surface area contributed by atoms with Crippen LogP contribution in [0.2, 0.25) is 0 Å². The zero-order valence-corrected chi connectivity index (χ0v) is 10.9. The van der Waals surface area contributed by atoms with E-state index in [4.69, 9.17) is 4.74 Å². The van der Waals surface area contributed by atoms with Crippen LogP contribution in [0.5, 0.6) is 5.88 Å². The first-order valence-corrected chi connectivity index (χ1v) is 6.51. The summed E-state index contributed by atoms with van der Waals surface area (Å²) in [5, 5.41) is 0.988. The smallest absolute Gasteiger partial charge is 0.233 e. The molecular formula is C12H16N2O2S. The summed E-state index contributed by atoms with van der Waals surface area (Å²) in [6.45, 7) is 3.66. The Hall–Kier alpha value is -1.36. The van der Waals surface area contributed by atoms with E-state index in [9.17, 15) is 4.79 Å². The molecule has 0 unspecified atom stereocenters. The molecule has 17 heavy (non-hydrogen) atoms. The number of carbonyl (C=O) groups is 1. The lowest BCUT2D eigenvalue weighted by atomic mass is 10.3. The van der Waals surface area contributed by atoms with E-state index in [-0.39, 0.29) is 5.78 Å². The SMILES string of the molecule is COc1nc(N2CCCC2)sc1C=CC(C)=O. The number of rotatable bonds is 4. The van der Waals surface area contributed by atoms with Crippen LogP contribution in [-0.4, -0.2) is 31.0 Å². The highest BCUT2D eigenvalue weighted by molar-refractivity contribution is 7.16. The molecule has 0 spiro atoms. The zero-order chi connectivity index (χ0) is 12.3. The van der Waals surface area contributed by atoms with Crippen molar-refractivity contribution in [3.05, 3.63) is 11.0 Å². The topological polar surface area (TPSA) is 42.4 Å². The monoisotopic (exact) mass is 252 g/mol. The fraction of sp³-hybridized carbons (Fsp3) is 0.500. The number of thiazole rings is 1. The first kappa shape index (κ1) is 12.1. The largest absolute Gasteiger partial charge is 0.480 e. The number of ether oxygens (including phenoxy) is 1. The van der Waals surface area contributed by atoms with Crippen LogP contribution in [0.25, 0.3) is 6.08 Å². The van der Waals surface area contributed by atoms with Crippen LogP contribution in [0.3, 0.4) is 0 Å². The van der Waals surface area contributed by atoms with E-state index in [1.807, 2.05) is 0 Å². The molecule has 1 aliphatic heterocycles. The van der Waals surface area contributed by atoms with E-state index in [2.05, 4.69) is 9.88 Å². The molecule has 4 nitrogen and oxygen atoms in total. The van der Waals surface area contributed by atoms with Gasteiger partial charge >= 0.3 is 0 Å².